The van der Waals surface area contributed by atoms with Gasteiger partial charge in [0.1, 0.15) is 17.1 Å². The molecule has 1 heterocycles. The molecule has 0 spiro atoms. The molecule has 0 unspecified atom stereocenters. The van der Waals surface area contributed by atoms with Gasteiger partial charge in [0.2, 0.25) is 0 Å². The number of esters is 2. The molecule has 0 aromatic carbocycles. The van der Waals surface area contributed by atoms with Gasteiger partial charge in [-0.1, -0.05) is 41.5 Å². The number of aliphatic hydroxyl groups is 1. The summed E-state index contributed by atoms with van der Waals surface area (Å²) in [6.07, 6.45) is 8.37. The zero-order chi connectivity index (χ0) is 27.0. The van der Waals surface area contributed by atoms with Crippen molar-refractivity contribution in [2.24, 2.45) is 56.7 Å². The van der Waals surface area contributed by atoms with Crippen molar-refractivity contribution in [3.8, 4) is 0 Å². The highest BCUT2D eigenvalue weighted by Gasteiger charge is 2.79. The number of aliphatic hydroxyl groups excluding tert-OH is 1. The van der Waals surface area contributed by atoms with Crippen molar-refractivity contribution in [2.45, 2.75) is 131 Å². The van der Waals surface area contributed by atoms with E-state index in [4.69, 9.17) is 9.47 Å². The maximum Gasteiger partial charge on any atom is 0.315 e. The van der Waals surface area contributed by atoms with Crippen molar-refractivity contribution < 1.29 is 24.2 Å². The number of carbonyl (C=O) groups is 2. The first-order chi connectivity index (χ1) is 17.1. The Kier molecular flexibility index (Phi) is 5.33. The van der Waals surface area contributed by atoms with Crippen molar-refractivity contribution in [3.05, 3.63) is 0 Å². The van der Waals surface area contributed by atoms with E-state index < -0.39 is 17.1 Å². The van der Waals surface area contributed by atoms with Crippen molar-refractivity contribution in [1.82, 2.24) is 0 Å². The number of rotatable bonds is 1. The van der Waals surface area contributed by atoms with E-state index in [-0.39, 0.29) is 45.6 Å². The molecule has 208 valence electrons. The third-order valence-electron chi connectivity index (χ3n) is 14.6. The number of fused-ring (bicyclic) bond motifs is 5. The minimum Gasteiger partial charge on any atom is -0.462 e. The van der Waals surface area contributed by atoms with Gasteiger partial charge in [0.25, 0.3) is 0 Å². The molecule has 37 heavy (non-hydrogen) atoms. The Balaban J connectivity index is 1.40. The van der Waals surface area contributed by atoms with Crippen LogP contribution < -0.4 is 0 Å². The van der Waals surface area contributed by atoms with Crippen LogP contribution in [0.2, 0.25) is 0 Å². The first kappa shape index (κ1) is 26.1. The Morgan fingerprint density at radius 3 is 2.30 bits per heavy atom. The molecule has 5 nitrogen and oxygen atoms in total. The van der Waals surface area contributed by atoms with Crippen LogP contribution in [0.5, 0.6) is 0 Å². The zero-order valence-electron chi connectivity index (χ0n) is 24.5. The second kappa shape index (κ2) is 7.55. The van der Waals surface area contributed by atoms with Gasteiger partial charge < -0.3 is 14.6 Å². The van der Waals surface area contributed by atoms with Crippen molar-refractivity contribution >= 4 is 11.9 Å². The van der Waals surface area contributed by atoms with E-state index in [1.165, 1.54) is 6.42 Å². The summed E-state index contributed by atoms with van der Waals surface area (Å²) in [6, 6.07) is 0. The van der Waals surface area contributed by atoms with E-state index in [9.17, 15) is 14.7 Å². The first-order valence-electron chi connectivity index (χ1n) is 15.2. The molecule has 1 N–H and O–H groups in total. The van der Waals surface area contributed by atoms with Gasteiger partial charge in [0, 0.05) is 18.3 Å². The van der Waals surface area contributed by atoms with E-state index in [1.54, 1.807) is 6.92 Å². The third kappa shape index (κ3) is 2.86. The predicted molar refractivity (Wildman–Crippen MR) is 141 cm³/mol. The lowest BCUT2D eigenvalue weighted by Crippen LogP contribution is -2.71. The molecule has 5 saturated carbocycles. The Bertz CT molecular complexity index is 1020. The highest BCUT2D eigenvalue weighted by molar-refractivity contribution is 5.82. The lowest BCUT2D eigenvalue weighted by atomic mass is 9.31. The summed E-state index contributed by atoms with van der Waals surface area (Å²) < 4.78 is 12.2. The second-order valence-corrected chi connectivity index (χ2v) is 15.9. The average Bonchev–Trinajstić information content (AvgIpc) is 2.97. The minimum absolute atomic E-state index is 0.0156. The highest BCUT2D eigenvalue weighted by atomic mass is 16.6. The topological polar surface area (TPSA) is 72.8 Å². The monoisotopic (exact) mass is 514 g/mol. The van der Waals surface area contributed by atoms with Crippen molar-refractivity contribution in [2.75, 3.05) is 0 Å². The molecule has 12 atom stereocenters. The Morgan fingerprint density at radius 1 is 0.919 bits per heavy atom. The third-order valence-corrected chi connectivity index (χ3v) is 14.6. The molecule has 0 aromatic rings. The first-order valence-corrected chi connectivity index (χ1v) is 15.2. The van der Waals surface area contributed by atoms with Crippen molar-refractivity contribution in [3.63, 3.8) is 0 Å². The van der Waals surface area contributed by atoms with Gasteiger partial charge in [-0.05, 0) is 105 Å². The van der Waals surface area contributed by atoms with Crippen LogP contribution in [-0.4, -0.2) is 34.9 Å². The normalized spacial score (nSPS) is 57.8. The number of ether oxygens (including phenoxy) is 2. The van der Waals surface area contributed by atoms with E-state index in [1.807, 2.05) is 0 Å². The van der Waals surface area contributed by atoms with Crippen LogP contribution in [0.25, 0.3) is 0 Å². The van der Waals surface area contributed by atoms with Crippen LogP contribution in [0.15, 0.2) is 0 Å². The van der Waals surface area contributed by atoms with Gasteiger partial charge in [0.15, 0.2) is 0 Å². The molecular formula is C32H50O5. The molecular weight excluding hydrogens is 464 g/mol. The molecule has 5 heteroatoms. The van der Waals surface area contributed by atoms with E-state index >= 15 is 0 Å². The Hall–Kier alpha value is -1.10. The van der Waals surface area contributed by atoms with Crippen LogP contribution in [0.3, 0.4) is 0 Å². The number of carbonyl (C=O) groups excluding carboxylic acids is 2. The maximum absolute atomic E-state index is 13.5. The fraction of sp³-hybridized carbons (Fsp3) is 0.938. The second-order valence-electron chi connectivity index (χ2n) is 15.9. The molecule has 5 aliphatic carbocycles. The van der Waals surface area contributed by atoms with Crippen LogP contribution in [-0.2, 0) is 19.1 Å². The Labute approximate surface area is 223 Å². The predicted octanol–water partition coefficient (Wildman–Crippen LogP) is 6.31. The molecule has 6 fully saturated rings. The standard InChI is InChI=1S/C32H50O5/c1-18-11-16-32-23(34)17-30(7)20(25(32)31(18,8)37-26(32)35)9-10-22-28(5)14-13-24(36-19(2)33)27(3,4)21(28)12-15-29(22,30)6/h18,20-25,34H,9-17H2,1-8H3/t18-,20+,21-,22+,23+,24-,25+,28-,29+,30+,31-,32-/m0/s1. The SMILES string of the molecule is CC(=O)O[C@H]1CC[C@]2(C)[C@H]3CC[C@@H]4[C@@H]5[C@@]6(C)OC(=O)[C@@]5(CC[C@@H]6C)[C@H](O)C[C@@]4(C)[C@]3(C)CC[C@H]2C1(C)C. The average molecular weight is 515 g/mol. The van der Waals surface area contributed by atoms with E-state index in [0.717, 1.165) is 44.9 Å². The summed E-state index contributed by atoms with van der Waals surface area (Å²) in [5.74, 6) is 1.59. The molecule has 6 rings (SSSR count). The number of hydrogen-bond donors (Lipinski definition) is 1. The van der Waals surface area contributed by atoms with Gasteiger partial charge >= 0.3 is 11.9 Å². The lowest BCUT2D eigenvalue weighted by molar-refractivity contribution is -0.272. The van der Waals surface area contributed by atoms with Gasteiger partial charge in [-0.3, -0.25) is 9.59 Å². The van der Waals surface area contributed by atoms with Crippen LogP contribution in [0, 0.1) is 56.7 Å². The largest absolute Gasteiger partial charge is 0.462 e. The molecule has 0 aromatic heterocycles. The summed E-state index contributed by atoms with van der Waals surface area (Å²) in [7, 11) is 0. The summed E-state index contributed by atoms with van der Waals surface area (Å²) in [6.45, 7) is 18.2. The van der Waals surface area contributed by atoms with E-state index in [2.05, 4.69) is 48.5 Å². The molecule has 1 saturated heterocycles. The molecule has 6 aliphatic rings. The molecule has 0 amide bonds. The minimum atomic E-state index is -0.709. The van der Waals surface area contributed by atoms with Crippen molar-refractivity contribution in [1.29, 1.82) is 0 Å². The fourth-order valence-corrected chi connectivity index (χ4v) is 12.5. The molecule has 0 radical (unpaired) electrons. The van der Waals surface area contributed by atoms with Gasteiger partial charge in [-0.2, -0.15) is 0 Å². The number of hydrogen-bond acceptors (Lipinski definition) is 5. The summed E-state index contributed by atoms with van der Waals surface area (Å²) in [4.78, 5) is 25.4. The smallest absolute Gasteiger partial charge is 0.315 e. The van der Waals surface area contributed by atoms with Gasteiger partial charge in [0.05, 0.1) is 6.10 Å². The molecule has 2 bridgehead atoms. The lowest BCUT2D eigenvalue weighted by Gasteiger charge is -2.73. The zero-order valence-corrected chi connectivity index (χ0v) is 24.5. The molecule has 1 aliphatic heterocycles. The van der Waals surface area contributed by atoms with Crippen LogP contribution in [0.1, 0.15) is 113 Å². The highest BCUT2D eigenvalue weighted by Crippen LogP contribution is 2.78. The Morgan fingerprint density at radius 2 is 1.62 bits per heavy atom. The maximum atomic E-state index is 13.5. The van der Waals surface area contributed by atoms with Gasteiger partial charge in [-0.25, -0.2) is 0 Å². The summed E-state index contributed by atoms with van der Waals surface area (Å²) in [5, 5.41) is 11.9. The fourth-order valence-electron chi connectivity index (χ4n) is 12.5. The van der Waals surface area contributed by atoms with E-state index in [0.29, 0.717) is 30.1 Å². The van der Waals surface area contributed by atoms with Gasteiger partial charge in [-0.15, -0.1) is 0 Å². The summed E-state index contributed by atoms with van der Waals surface area (Å²) >= 11 is 0. The quantitative estimate of drug-likeness (QED) is 0.415. The summed E-state index contributed by atoms with van der Waals surface area (Å²) in [5.41, 5.74) is -1.01. The van der Waals surface area contributed by atoms with Crippen LogP contribution >= 0.6 is 0 Å². The van der Waals surface area contributed by atoms with Crippen LogP contribution in [0.4, 0.5) is 0 Å².